The van der Waals surface area contributed by atoms with E-state index in [1.165, 1.54) is 30.9 Å². The van der Waals surface area contributed by atoms with E-state index < -0.39 is 0 Å². The summed E-state index contributed by atoms with van der Waals surface area (Å²) in [7, 11) is 3.06. The molecule has 0 aliphatic carbocycles. The molecule has 0 atom stereocenters. The fourth-order valence-corrected chi connectivity index (χ4v) is 4.71. The van der Waals surface area contributed by atoms with E-state index in [-0.39, 0.29) is 11.8 Å². The van der Waals surface area contributed by atoms with Gasteiger partial charge in [-0.25, -0.2) is 4.90 Å². The number of hydrogen-bond acceptors (Lipinski definition) is 5. The van der Waals surface area contributed by atoms with Gasteiger partial charge in [0.15, 0.2) is 0 Å². The fourth-order valence-electron chi connectivity index (χ4n) is 3.70. The third kappa shape index (κ3) is 4.01. The molecule has 32 heavy (non-hydrogen) atoms. The summed E-state index contributed by atoms with van der Waals surface area (Å²) in [5.41, 5.74) is 3.60. The van der Waals surface area contributed by atoms with E-state index in [1.807, 2.05) is 62.4 Å². The minimum absolute atomic E-state index is 0.365. The summed E-state index contributed by atoms with van der Waals surface area (Å²) in [6, 6.07) is 20.5. The summed E-state index contributed by atoms with van der Waals surface area (Å²) in [5.74, 6) is 0.263. The molecule has 0 bridgehead atoms. The standard InChI is InChI=1S/C26H23NO4S/c1-16-10-11-22(17(2)12-16)23-24(32-21-8-6-5-7-9-21)26(29)27(25(23)28)18-13-19(30-3)15-20(14-18)31-4/h5-15H,1-4H3. The molecule has 1 aliphatic rings. The van der Waals surface area contributed by atoms with Crippen LogP contribution in [0.3, 0.4) is 0 Å². The molecule has 3 aromatic rings. The van der Waals surface area contributed by atoms with Crippen LogP contribution in [-0.2, 0) is 9.59 Å². The van der Waals surface area contributed by atoms with E-state index in [0.29, 0.717) is 27.7 Å². The van der Waals surface area contributed by atoms with E-state index >= 15 is 0 Å². The molecule has 0 spiro atoms. The Labute approximate surface area is 191 Å². The largest absolute Gasteiger partial charge is 0.497 e. The summed E-state index contributed by atoms with van der Waals surface area (Å²) in [5, 5.41) is 0. The Morgan fingerprint density at radius 2 is 1.44 bits per heavy atom. The van der Waals surface area contributed by atoms with Crippen LogP contribution >= 0.6 is 11.8 Å². The summed E-state index contributed by atoms with van der Waals surface area (Å²) in [6.45, 7) is 3.95. The second-order valence-corrected chi connectivity index (χ2v) is 8.54. The smallest absolute Gasteiger partial charge is 0.272 e. The zero-order chi connectivity index (χ0) is 22.8. The van der Waals surface area contributed by atoms with Crippen LogP contribution in [0, 0.1) is 13.8 Å². The number of carbonyl (C=O) groups is 2. The zero-order valence-electron chi connectivity index (χ0n) is 18.3. The minimum atomic E-state index is -0.367. The molecule has 5 nitrogen and oxygen atoms in total. The molecule has 4 rings (SSSR count). The lowest BCUT2D eigenvalue weighted by Crippen LogP contribution is -2.31. The first-order valence-corrected chi connectivity index (χ1v) is 10.9. The maximum Gasteiger partial charge on any atom is 0.272 e. The Morgan fingerprint density at radius 1 is 0.781 bits per heavy atom. The van der Waals surface area contributed by atoms with Gasteiger partial charge in [-0.2, -0.15) is 0 Å². The van der Waals surface area contributed by atoms with Crippen molar-refractivity contribution in [1.29, 1.82) is 0 Å². The lowest BCUT2D eigenvalue weighted by Gasteiger charge is -2.17. The van der Waals surface area contributed by atoms with Gasteiger partial charge < -0.3 is 9.47 Å². The molecule has 0 saturated heterocycles. The predicted octanol–water partition coefficient (Wildman–Crippen LogP) is 5.40. The van der Waals surface area contributed by atoms with Gasteiger partial charge in [-0.15, -0.1) is 0 Å². The molecular formula is C26H23NO4S. The van der Waals surface area contributed by atoms with E-state index in [4.69, 9.17) is 9.47 Å². The number of methoxy groups -OCH3 is 2. The van der Waals surface area contributed by atoms with Crippen molar-refractivity contribution in [1.82, 2.24) is 0 Å². The Balaban J connectivity index is 1.87. The highest BCUT2D eigenvalue weighted by Crippen LogP contribution is 2.43. The van der Waals surface area contributed by atoms with Crippen LogP contribution in [0.25, 0.3) is 5.57 Å². The molecule has 1 heterocycles. The first-order chi connectivity index (χ1) is 15.4. The van der Waals surface area contributed by atoms with Gasteiger partial charge in [0.2, 0.25) is 0 Å². The van der Waals surface area contributed by atoms with Gasteiger partial charge in [0.05, 0.1) is 30.4 Å². The molecule has 0 saturated carbocycles. The third-order valence-corrected chi connectivity index (χ3v) is 6.34. The van der Waals surface area contributed by atoms with Crippen LogP contribution in [0.15, 0.2) is 76.5 Å². The van der Waals surface area contributed by atoms with Crippen molar-refractivity contribution in [3.63, 3.8) is 0 Å². The number of imide groups is 1. The molecule has 0 radical (unpaired) electrons. The minimum Gasteiger partial charge on any atom is -0.497 e. The van der Waals surface area contributed by atoms with Crippen LogP contribution in [-0.4, -0.2) is 26.0 Å². The van der Waals surface area contributed by atoms with Crippen molar-refractivity contribution in [2.75, 3.05) is 19.1 Å². The van der Waals surface area contributed by atoms with Crippen molar-refractivity contribution >= 4 is 34.8 Å². The third-order valence-electron chi connectivity index (χ3n) is 5.25. The molecule has 3 aromatic carbocycles. The molecule has 162 valence electrons. The van der Waals surface area contributed by atoms with Crippen LogP contribution in [0.1, 0.15) is 16.7 Å². The maximum atomic E-state index is 13.7. The van der Waals surface area contributed by atoms with Crippen LogP contribution in [0.2, 0.25) is 0 Å². The molecule has 1 aliphatic heterocycles. The zero-order valence-corrected chi connectivity index (χ0v) is 19.2. The number of anilines is 1. The number of hydrogen-bond donors (Lipinski definition) is 0. The Hall–Kier alpha value is -3.51. The molecule has 0 aromatic heterocycles. The second-order valence-electron chi connectivity index (χ2n) is 7.45. The van der Waals surface area contributed by atoms with Crippen molar-refractivity contribution in [3.8, 4) is 11.5 Å². The molecule has 0 fully saturated rings. The average Bonchev–Trinajstić information content (AvgIpc) is 3.03. The van der Waals surface area contributed by atoms with Crippen molar-refractivity contribution in [3.05, 3.63) is 88.3 Å². The second kappa shape index (κ2) is 8.93. The van der Waals surface area contributed by atoms with Gasteiger partial charge in [0.25, 0.3) is 11.8 Å². The number of amides is 2. The van der Waals surface area contributed by atoms with Crippen LogP contribution in [0.4, 0.5) is 5.69 Å². The van der Waals surface area contributed by atoms with Crippen molar-refractivity contribution < 1.29 is 19.1 Å². The molecule has 0 unspecified atom stereocenters. The highest BCUT2D eigenvalue weighted by atomic mass is 32.2. The SMILES string of the molecule is COc1cc(OC)cc(N2C(=O)C(Sc3ccccc3)=C(c3ccc(C)cc3C)C2=O)c1. The van der Waals surface area contributed by atoms with E-state index in [0.717, 1.165) is 21.6 Å². The highest BCUT2D eigenvalue weighted by molar-refractivity contribution is 8.04. The lowest BCUT2D eigenvalue weighted by molar-refractivity contribution is -0.119. The quantitative estimate of drug-likeness (QED) is 0.476. The summed E-state index contributed by atoms with van der Waals surface area (Å²) in [6.07, 6.45) is 0. The van der Waals surface area contributed by atoms with Crippen molar-refractivity contribution in [2.24, 2.45) is 0 Å². The Morgan fingerprint density at radius 3 is 2.03 bits per heavy atom. The van der Waals surface area contributed by atoms with Gasteiger partial charge in [-0.3, -0.25) is 9.59 Å². The molecule has 0 N–H and O–H groups in total. The number of aryl methyl sites for hydroxylation is 2. The summed E-state index contributed by atoms with van der Waals surface area (Å²) >= 11 is 1.30. The van der Waals surface area contributed by atoms with Crippen LogP contribution in [0.5, 0.6) is 11.5 Å². The fraction of sp³-hybridized carbons (Fsp3) is 0.154. The molecular weight excluding hydrogens is 422 g/mol. The number of carbonyl (C=O) groups excluding carboxylic acids is 2. The topological polar surface area (TPSA) is 55.8 Å². The molecule has 6 heteroatoms. The lowest BCUT2D eigenvalue weighted by atomic mass is 9.99. The monoisotopic (exact) mass is 445 g/mol. The van der Waals surface area contributed by atoms with Gasteiger partial charge in [0, 0.05) is 23.1 Å². The number of thioether (sulfide) groups is 1. The summed E-state index contributed by atoms with van der Waals surface area (Å²) < 4.78 is 10.7. The van der Waals surface area contributed by atoms with Gasteiger partial charge in [-0.05, 0) is 37.1 Å². The summed E-state index contributed by atoms with van der Waals surface area (Å²) in [4.78, 5) is 29.8. The Kier molecular flexibility index (Phi) is 6.06. The van der Waals surface area contributed by atoms with E-state index in [9.17, 15) is 9.59 Å². The van der Waals surface area contributed by atoms with Gasteiger partial charge in [-0.1, -0.05) is 53.7 Å². The van der Waals surface area contributed by atoms with Crippen LogP contribution < -0.4 is 14.4 Å². The van der Waals surface area contributed by atoms with Gasteiger partial charge >= 0.3 is 0 Å². The number of ether oxygens (including phenoxy) is 2. The number of benzene rings is 3. The van der Waals surface area contributed by atoms with Crippen molar-refractivity contribution in [2.45, 2.75) is 18.7 Å². The first-order valence-electron chi connectivity index (χ1n) is 10.1. The predicted molar refractivity (Wildman–Crippen MR) is 127 cm³/mol. The van der Waals surface area contributed by atoms with E-state index in [2.05, 4.69) is 0 Å². The number of rotatable bonds is 6. The number of nitrogens with zero attached hydrogens (tertiary/aromatic N) is 1. The maximum absolute atomic E-state index is 13.7. The highest BCUT2D eigenvalue weighted by Gasteiger charge is 2.41. The van der Waals surface area contributed by atoms with E-state index in [1.54, 1.807) is 18.2 Å². The molecule has 2 amide bonds. The normalized spacial score (nSPS) is 13.7. The average molecular weight is 446 g/mol. The van der Waals surface area contributed by atoms with Gasteiger partial charge in [0.1, 0.15) is 11.5 Å². The Bertz CT molecular complexity index is 1210. The first kappa shape index (κ1) is 21.7.